The van der Waals surface area contributed by atoms with Crippen LogP contribution in [-0.2, 0) is 16.1 Å². The van der Waals surface area contributed by atoms with E-state index in [1.165, 1.54) is 25.9 Å². The Morgan fingerprint density at radius 1 is 1.11 bits per heavy atom. The molecule has 6 heteroatoms. The molecule has 1 N–H and O–H groups in total. The van der Waals surface area contributed by atoms with Gasteiger partial charge in [0.25, 0.3) is 0 Å². The summed E-state index contributed by atoms with van der Waals surface area (Å²) in [4.78, 5) is 26.4. The van der Waals surface area contributed by atoms with Crippen LogP contribution in [0, 0.1) is 0 Å². The van der Waals surface area contributed by atoms with Crippen molar-refractivity contribution >= 4 is 33.7 Å². The van der Waals surface area contributed by atoms with Crippen molar-refractivity contribution in [2.24, 2.45) is 0 Å². The topological polar surface area (TPSA) is 67.5 Å². The Labute approximate surface area is 157 Å². The van der Waals surface area contributed by atoms with Crippen LogP contribution < -0.4 is 5.32 Å². The molecule has 1 atom stereocenters. The minimum atomic E-state index is -0.331. The molecule has 2 fully saturated rings. The molecule has 0 bridgehead atoms. The van der Waals surface area contributed by atoms with E-state index in [0.717, 1.165) is 40.5 Å². The first-order valence-corrected chi connectivity index (χ1v) is 9.76. The number of nitrogens with one attached hydrogen (secondary N) is 1. The summed E-state index contributed by atoms with van der Waals surface area (Å²) in [5, 5.41) is 4.57. The second kappa shape index (κ2) is 6.53. The maximum Gasteiger partial charge on any atom is 0.234 e. The van der Waals surface area contributed by atoms with Gasteiger partial charge in [-0.25, -0.2) is 0 Å². The second-order valence-electron chi connectivity index (χ2n) is 7.62. The van der Waals surface area contributed by atoms with Gasteiger partial charge in [-0.15, -0.1) is 0 Å². The third-order valence-corrected chi connectivity index (χ3v) is 5.99. The number of nitrogens with zero attached hydrogens (tertiary/aromatic N) is 2. The molecule has 2 amide bonds. The Balaban J connectivity index is 1.51. The lowest BCUT2D eigenvalue weighted by Crippen LogP contribution is -2.39. The molecule has 1 aromatic carbocycles. The smallest absolute Gasteiger partial charge is 0.234 e. The summed E-state index contributed by atoms with van der Waals surface area (Å²) < 4.78 is 8.04. The van der Waals surface area contributed by atoms with E-state index in [0.29, 0.717) is 12.8 Å². The van der Waals surface area contributed by atoms with Crippen molar-refractivity contribution in [3.05, 3.63) is 36.2 Å². The Morgan fingerprint density at radius 2 is 1.96 bits per heavy atom. The van der Waals surface area contributed by atoms with Gasteiger partial charge in [0.2, 0.25) is 11.8 Å². The van der Waals surface area contributed by atoms with Gasteiger partial charge in [-0.1, -0.05) is 0 Å². The van der Waals surface area contributed by atoms with Gasteiger partial charge < -0.3 is 13.9 Å². The second-order valence-corrected chi connectivity index (χ2v) is 7.62. The zero-order valence-corrected chi connectivity index (χ0v) is 15.2. The lowest BCUT2D eigenvalue weighted by Gasteiger charge is -2.20. The van der Waals surface area contributed by atoms with Crippen molar-refractivity contribution in [1.29, 1.82) is 0 Å². The predicted octanol–water partition coefficient (Wildman–Crippen LogP) is 3.00. The third-order valence-electron chi connectivity index (χ3n) is 5.99. The molecule has 2 aliphatic rings. The number of hydrogen-bond donors (Lipinski definition) is 1. The van der Waals surface area contributed by atoms with Crippen LogP contribution >= 0.6 is 0 Å². The summed E-state index contributed by atoms with van der Waals surface area (Å²) in [5.74, 6) is -0.746. The Kier molecular flexibility index (Phi) is 4.01. The van der Waals surface area contributed by atoms with Gasteiger partial charge in [0.15, 0.2) is 0 Å². The summed E-state index contributed by atoms with van der Waals surface area (Å²) in [6, 6.07) is 6.20. The van der Waals surface area contributed by atoms with Crippen LogP contribution in [0.4, 0.5) is 0 Å². The maximum atomic E-state index is 12.4. The number of imide groups is 1. The zero-order chi connectivity index (χ0) is 18.4. The molecule has 27 heavy (non-hydrogen) atoms. The first-order valence-electron chi connectivity index (χ1n) is 9.76. The molecule has 0 unspecified atom stereocenters. The third kappa shape index (κ3) is 2.84. The molecule has 2 aliphatic heterocycles. The monoisotopic (exact) mass is 365 g/mol. The molecule has 4 heterocycles. The van der Waals surface area contributed by atoms with Gasteiger partial charge in [0, 0.05) is 47.6 Å². The molecular weight excluding hydrogens is 342 g/mol. The largest absolute Gasteiger partial charge is 0.464 e. The van der Waals surface area contributed by atoms with Gasteiger partial charge in [-0.05, 0) is 50.6 Å². The van der Waals surface area contributed by atoms with Gasteiger partial charge in [0.1, 0.15) is 5.58 Å². The molecule has 140 valence electrons. The van der Waals surface area contributed by atoms with Crippen molar-refractivity contribution < 1.29 is 14.0 Å². The lowest BCUT2D eigenvalue weighted by atomic mass is 9.89. The highest BCUT2D eigenvalue weighted by molar-refractivity contribution is 6.10. The predicted molar refractivity (Wildman–Crippen MR) is 103 cm³/mol. The van der Waals surface area contributed by atoms with Gasteiger partial charge in [-0.2, -0.15) is 0 Å². The first kappa shape index (κ1) is 16.6. The number of carbonyl (C=O) groups excluding carboxylic acids is 2. The number of benzene rings is 1. The summed E-state index contributed by atoms with van der Waals surface area (Å²) in [6.45, 7) is 4.42. The summed E-state index contributed by atoms with van der Waals surface area (Å²) >= 11 is 0. The molecule has 2 saturated heterocycles. The van der Waals surface area contributed by atoms with Crippen LogP contribution in [0.2, 0.25) is 0 Å². The van der Waals surface area contributed by atoms with Gasteiger partial charge >= 0.3 is 0 Å². The normalized spacial score (nSPS) is 21.4. The average Bonchev–Trinajstić information content (AvgIpc) is 3.39. The van der Waals surface area contributed by atoms with Crippen LogP contribution in [0.15, 0.2) is 35.1 Å². The maximum absolute atomic E-state index is 12.4. The highest BCUT2D eigenvalue weighted by Crippen LogP contribution is 2.37. The fraction of sp³-hybridized carbons (Fsp3) is 0.429. The number of hydrogen-bond acceptors (Lipinski definition) is 4. The van der Waals surface area contributed by atoms with E-state index in [9.17, 15) is 9.59 Å². The molecule has 2 aromatic heterocycles. The van der Waals surface area contributed by atoms with Crippen LogP contribution in [-0.4, -0.2) is 40.9 Å². The molecule has 0 aliphatic carbocycles. The van der Waals surface area contributed by atoms with E-state index in [4.69, 9.17) is 4.42 Å². The molecular formula is C21H23N3O3. The van der Waals surface area contributed by atoms with Crippen LogP contribution in [0.1, 0.15) is 37.2 Å². The van der Waals surface area contributed by atoms with Crippen LogP contribution in [0.5, 0.6) is 0 Å². The van der Waals surface area contributed by atoms with Crippen LogP contribution in [0.3, 0.4) is 0 Å². The molecule has 0 radical (unpaired) electrons. The number of piperidine rings is 1. The van der Waals surface area contributed by atoms with E-state index >= 15 is 0 Å². The van der Waals surface area contributed by atoms with Crippen molar-refractivity contribution in [3.8, 4) is 0 Å². The zero-order valence-electron chi connectivity index (χ0n) is 15.2. The van der Waals surface area contributed by atoms with Crippen molar-refractivity contribution in [2.75, 3.05) is 19.6 Å². The molecule has 3 aromatic rings. The number of fused-ring (bicyclic) bond motifs is 3. The average molecular weight is 365 g/mol. The molecule has 0 saturated carbocycles. The number of likely N-dealkylation sites (tertiary alicyclic amines) is 1. The number of aromatic nitrogens is 1. The van der Waals surface area contributed by atoms with E-state index in [1.807, 2.05) is 6.07 Å². The highest BCUT2D eigenvalue weighted by Gasteiger charge is 2.31. The number of rotatable bonds is 4. The summed E-state index contributed by atoms with van der Waals surface area (Å²) in [7, 11) is 0. The fourth-order valence-corrected chi connectivity index (χ4v) is 4.53. The quantitative estimate of drug-likeness (QED) is 0.722. The highest BCUT2D eigenvalue weighted by atomic mass is 16.3. The minimum absolute atomic E-state index is 0.192. The van der Waals surface area contributed by atoms with Crippen LogP contribution in [0.25, 0.3) is 21.9 Å². The molecule has 0 spiro atoms. The minimum Gasteiger partial charge on any atom is -0.464 e. The Hall–Kier alpha value is -2.60. The summed E-state index contributed by atoms with van der Waals surface area (Å²) in [5.41, 5.74) is 2.84. The standard InChI is InChI=1S/C21H23N3O3/c25-19-6-3-14(21(26)22-19)16-13-27-18-5-4-17-15(20(16)18)7-10-24(17)12-11-23-8-1-2-9-23/h4-5,7,10,13-14H,1-3,6,8-9,11-12H2,(H,22,25,26)/t14-/m1/s1. The Bertz CT molecular complexity index is 1030. The number of furan rings is 1. The van der Waals surface area contributed by atoms with E-state index in [1.54, 1.807) is 6.26 Å². The summed E-state index contributed by atoms with van der Waals surface area (Å²) in [6.07, 6.45) is 7.32. The lowest BCUT2D eigenvalue weighted by molar-refractivity contribution is -0.134. The molecule has 6 nitrogen and oxygen atoms in total. The number of amides is 2. The van der Waals surface area contributed by atoms with Crippen molar-refractivity contribution in [1.82, 2.24) is 14.8 Å². The van der Waals surface area contributed by atoms with E-state index in [2.05, 4.69) is 33.1 Å². The Morgan fingerprint density at radius 3 is 2.78 bits per heavy atom. The van der Waals surface area contributed by atoms with E-state index < -0.39 is 0 Å². The number of carbonyl (C=O) groups is 2. The SMILES string of the molecule is O=C1CC[C@H](c2coc3ccc4c(ccn4CCN4CCCC4)c23)C(=O)N1. The van der Waals surface area contributed by atoms with Crippen molar-refractivity contribution in [2.45, 2.75) is 38.1 Å². The van der Waals surface area contributed by atoms with Gasteiger partial charge in [-0.3, -0.25) is 14.9 Å². The van der Waals surface area contributed by atoms with Gasteiger partial charge in [0.05, 0.1) is 12.2 Å². The fourth-order valence-electron chi connectivity index (χ4n) is 4.53. The van der Waals surface area contributed by atoms with E-state index in [-0.39, 0.29) is 17.7 Å². The van der Waals surface area contributed by atoms with Crippen molar-refractivity contribution in [3.63, 3.8) is 0 Å². The molecule has 5 rings (SSSR count). The first-order chi connectivity index (χ1) is 13.2.